The number of aryl methyl sites for hydroxylation is 1. The number of nitrogens with one attached hydrogen (secondary N) is 2. The van der Waals surface area contributed by atoms with E-state index >= 15 is 0 Å². The van der Waals surface area contributed by atoms with E-state index in [4.69, 9.17) is 0 Å². The lowest BCUT2D eigenvalue weighted by molar-refractivity contribution is 0.504. The van der Waals surface area contributed by atoms with Crippen LogP contribution in [0.3, 0.4) is 0 Å². The molecule has 3 aromatic rings. The van der Waals surface area contributed by atoms with Crippen LogP contribution in [0.15, 0.2) is 53.5 Å². The minimum Gasteiger partial charge on any atom is -0.350 e. The zero-order valence-corrected chi connectivity index (χ0v) is 16.7. The summed E-state index contributed by atoms with van der Waals surface area (Å²) < 4.78 is 28.7. The van der Waals surface area contributed by atoms with Crippen molar-refractivity contribution in [2.24, 2.45) is 12.0 Å². The van der Waals surface area contributed by atoms with Crippen molar-refractivity contribution in [2.45, 2.75) is 33.0 Å². The van der Waals surface area contributed by atoms with Crippen LogP contribution in [0.5, 0.6) is 0 Å². The molecule has 29 heavy (non-hydrogen) atoms. The van der Waals surface area contributed by atoms with Crippen LogP contribution >= 0.6 is 0 Å². The van der Waals surface area contributed by atoms with Gasteiger partial charge in [-0.2, -0.15) is 0 Å². The van der Waals surface area contributed by atoms with Crippen LogP contribution in [0, 0.1) is 18.6 Å². The van der Waals surface area contributed by atoms with E-state index in [0.29, 0.717) is 24.6 Å². The SMILES string of the molecule is Cc1nnc(CNC(=NCc2ccccc2)NC(C)c2ccc(F)c(F)c2)n1C. The lowest BCUT2D eigenvalue weighted by atomic mass is 10.1. The lowest BCUT2D eigenvalue weighted by Gasteiger charge is -2.19. The molecule has 0 fully saturated rings. The molecule has 2 N–H and O–H groups in total. The Bertz CT molecular complexity index is 984. The second kappa shape index (κ2) is 9.27. The summed E-state index contributed by atoms with van der Waals surface area (Å²) in [5, 5.41) is 14.7. The molecule has 0 aliphatic rings. The maximum Gasteiger partial charge on any atom is 0.192 e. The predicted octanol–water partition coefficient (Wildman–Crippen LogP) is 3.40. The van der Waals surface area contributed by atoms with Gasteiger partial charge in [0.2, 0.25) is 0 Å². The van der Waals surface area contributed by atoms with Crippen LogP contribution in [-0.4, -0.2) is 20.7 Å². The topological polar surface area (TPSA) is 67.1 Å². The molecule has 3 rings (SSSR count). The van der Waals surface area contributed by atoms with Gasteiger partial charge in [0, 0.05) is 7.05 Å². The largest absolute Gasteiger partial charge is 0.350 e. The molecule has 2 aromatic carbocycles. The Kier molecular flexibility index (Phi) is 6.54. The molecule has 0 saturated heterocycles. The van der Waals surface area contributed by atoms with Gasteiger partial charge >= 0.3 is 0 Å². The van der Waals surface area contributed by atoms with Crippen LogP contribution in [0.1, 0.15) is 35.7 Å². The summed E-state index contributed by atoms with van der Waals surface area (Å²) in [5.41, 5.74) is 1.68. The molecule has 0 saturated carbocycles. The average Bonchev–Trinajstić information content (AvgIpc) is 3.04. The van der Waals surface area contributed by atoms with Crippen molar-refractivity contribution in [3.05, 3.63) is 82.9 Å². The number of nitrogens with zero attached hydrogens (tertiary/aromatic N) is 4. The first-order valence-corrected chi connectivity index (χ1v) is 9.32. The van der Waals surface area contributed by atoms with E-state index in [9.17, 15) is 8.78 Å². The molecule has 0 aliphatic heterocycles. The molecule has 6 nitrogen and oxygen atoms in total. The monoisotopic (exact) mass is 398 g/mol. The molecule has 0 spiro atoms. The molecule has 152 valence electrons. The van der Waals surface area contributed by atoms with Gasteiger partial charge < -0.3 is 15.2 Å². The van der Waals surface area contributed by atoms with Crippen LogP contribution in [0.4, 0.5) is 8.78 Å². The number of halogens is 2. The van der Waals surface area contributed by atoms with E-state index in [-0.39, 0.29) is 6.04 Å². The maximum absolute atomic E-state index is 13.6. The van der Waals surface area contributed by atoms with E-state index in [1.807, 2.05) is 55.8 Å². The molecule has 0 radical (unpaired) electrons. The van der Waals surface area contributed by atoms with Crippen LogP contribution < -0.4 is 10.6 Å². The fraction of sp³-hybridized carbons (Fsp3) is 0.286. The molecule has 0 bridgehead atoms. The molecule has 1 atom stereocenters. The van der Waals surface area contributed by atoms with E-state index in [0.717, 1.165) is 23.3 Å². The van der Waals surface area contributed by atoms with Gasteiger partial charge in [0.1, 0.15) is 5.82 Å². The third kappa shape index (κ3) is 5.37. The number of rotatable bonds is 6. The molecule has 0 aliphatic carbocycles. The van der Waals surface area contributed by atoms with Gasteiger partial charge in [0.15, 0.2) is 23.4 Å². The predicted molar refractivity (Wildman–Crippen MR) is 108 cm³/mol. The van der Waals surface area contributed by atoms with E-state index in [1.165, 1.54) is 6.07 Å². The Morgan fingerprint density at radius 1 is 1.10 bits per heavy atom. The minimum absolute atomic E-state index is 0.284. The van der Waals surface area contributed by atoms with Crippen LogP contribution in [0.2, 0.25) is 0 Å². The van der Waals surface area contributed by atoms with E-state index < -0.39 is 11.6 Å². The standard InChI is InChI=1S/C21H24F2N6/c1-14(17-9-10-18(22)19(23)11-17)26-21(24-12-16-7-5-4-6-8-16)25-13-20-28-27-15(2)29(20)3/h4-11,14H,12-13H2,1-3H3,(H2,24,25,26). The molecule has 8 heteroatoms. The molecule has 1 aromatic heterocycles. The van der Waals surface area contributed by atoms with E-state index in [1.54, 1.807) is 6.07 Å². The van der Waals surface area contributed by atoms with Gasteiger partial charge in [0.05, 0.1) is 19.1 Å². The van der Waals surface area contributed by atoms with Gasteiger partial charge in [-0.1, -0.05) is 36.4 Å². The third-order valence-electron chi connectivity index (χ3n) is 4.66. The van der Waals surface area contributed by atoms with Crippen molar-refractivity contribution in [3.63, 3.8) is 0 Å². The van der Waals surface area contributed by atoms with Gasteiger partial charge in [-0.25, -0.2) is 13.8 Å². The highest BCUT2D eigenvalue weighted by atomic mass is 19.2. The first kappa shape index (κ1) is 20.4. The second-order valence-corrected chi connectivity index (χ2v) is 6.77. The van der Waals surface area contributed by atoms with Crippen molar-refractivity contribution in [2.75, 3.05) is 0 Å². The number of guanidine groups is 1. The zero-order valence-electron chi connectivity index (χ0n) is 16.7. The summed E-state index contributed by atoms with van der Waals surface area (Å²) in [6, 6.07) is 13.4. The molecular weight excluding hydrogens is 374 g/mol. The summed E-state index contributed by atoms with van der Waals surface area (Å²) in [6.45, 7) is 4.63. The van der Waals surface area contributed by atoms with Crippen molar-refractivity contribution < 1.29 is 8.78 Å². The number of aromatic nitrogens is 3. The number of hydrogen-bond donors (Lipinski definition) is 2. The van der Waals surface area contributed by atoms with Crippen LogP contribution in [-0.2, 0) is 20.1 Å². The van der Waals surface area contributed by atoms with Crippen molar-refractivity contribution in [1.29, 1.82) is 0 Å². The third-order valence-corrected chi connectivity index (χ3v) is 4.66. The summed E-state index contributed by atoms with van der Waals surface area (Å²) in [5.74, 6) is 0.368. The summed E-state index contributed by atoms with van der Waals surface area (Å²) in [4.78, 5) is 4.62. The lowest BCUT2D eigenvalue weighted by Crippen LogP contribution is -2.39. The summed E-state index contributed by atoms with van der Waals surface area (Å²) >= 11 is 0. The average molecular weight is 398 g/mol. The van der Waals surface area contributed by atoms with Gasteiger partial charge in [-0.05, 0) is 37.1 Å². The van der Waals surface area contributed by atoms with Gasteiger partial charge in [-0.15, -0.1) is 10.2 Å². The highest BCUT2D eigenvalue weighted by Crippen LogP contribution is 2.16. The minimum atomic E-state index is -0.874. The fourth-order valence-electron chi connectivity index (χ4n) is 2.74. The molecule has 1 unspecified atom stereocenters. The molecule has 1 heterocycles. The Hall–Kier alpha value is -3.29. The van der Waals surface area contributed by atoms with Gasteiger partial charge in [-0.3, -0.25) is 0 Å². The fourth-order valence-corrected chi connectivity index (χ4v) is 2.74. The Balaban J connectivity index is 1.75. The van der Waals surface area contributed by atoms with Crippen molar-refractivity contribution >= 4 is 5.96 Å². The summed E-state index contributed by atoms with van der Waals surface area (Å²) in [6.07, 6.45) is 0. The highest BCUT2D eigenvalue weighted by molar-refractivity contribution is 5.80. The van der Waals surface area contributed by atoms with Gasteiger partial charge in [0.25, 0.3) is 0 Å². The van der Waals surface area contributed by atoms with Crippen molar-refractivity contribution in [1.82, 2.24) is 25.4 Å². The van der Waals surface area contributed by atoms with Crippen molar-refractivity contribution in [3.8, 4) is 0 Å². The van der Waals surface area contributed by atoms with Crippen LogP contribution in [0.25, 0.3) is 0 Å². The molecular formula is C21H24F2N6. The maximum atomic E-state index is 13.6. The molecule has 0 amide bonds. The second-order valence-electron chi connectivity index (χ2n) is 6.77. The Morgan fingerprint density at radius 3 is 2.52 bits per heavy atom. The first-order chi connectivity index (χ1) is 13.9. The summed E-state index contributed by atoms with van der Waals surface area (Å²) in [7, 11) is 1.89. The number of benzene rings is 2. The highest BCUT2D eigenvalue weighted by Gasteiger charge is 2.12. The first-order valence-electron chi connectivity index (χ1n) is 9.32. The normalized spacial score (nSPS) is 12.7. The number of aliphatic imine (C=N–C) groups is 1. The Morgan fingerprint density at radius 2 is 1.86 bits per heavy atom. The smallest absolute Gasteiger partial charge is 0.192 e. The zero-order chi connectivity index (χ0) is 20.8. The quantitative estimate of drug-likeness (QED) is 0.493. The number of hydrogen-bond acceptors (Lipinski definition) is 3. The Labute approximate surface area is 168 Å². The van der Waals surface area contributed by atoms with E-state index in [2.05, 4.69) is 25.8 Å².